The number of nitrogens with zero attached hydrogens (tertiary/aromatic N) is 2. The number of amides is 2. The quantitative estimate of drug-likeness (QED) is 0.552. The first kappa shape index (κ1) is 12.1. The van der Waals surface area contributed by atoms with Gasteiger partial charge in [-0.1, -0.05) is 12.8 Å². The van der Waals surface area contributed by atoms with Gasteiger partial charge in [0.1, 0.15) is 0 Å². The number of carbonyl (C=O) groups excluding carboxylic acids is 2. The molecule has 4 nitrogen and oxygen atoms in total. The van der Waals surface area contributed by atoms with Crippen molar-refractivity contribution in [3.63, 3.8) is 0 Å². The number of nitriles is 1. The van der Waals surface area contributed by atoms with Crippen LogP contribution < -0.4 is 0 Å². The molecule has 0 radical (unpaired) electrons. The van der Waals surface area contributed by atoms with Gasteiger partial charge in [-0.2, -0.15) is 5.26 Å². The van der Waals surface area contributed by atoms with E-state index in [0.29, 0.717) is 19.4 Å². The second-order valence-electron chi connectivity index (χ2n) is 5.13. The summed E-state index contributed by atoms with van der Waals surface area (Å²) in [7, 11) is 0. The van der Waals surface area contributed by atoms with E-state index in [9.17, 15) is 9.59 Å². The van der Waals surface area contributed by atoms with Crippen LogP contribution >= 0.6 is 0 Å². The summed E-state index contributed by atoms with van der Waals surface area (Å²) in [5, 5.41) is 8.43. The third-order valence-electron chi connectivity index (χ3n) is 3.97. The zero-order valence-electron chi connectivity index (χ0n) is 10.1. The van der Waals surface area contributed by atoms with Crippen LogP contribution in [0.15, 0.2) is 0 Å². The first-order valence-corrected chi connectivity index (χ1v) is 6.41. The van der Waals surface area contributed by atoms with E-state index in [-0.39, 0.29) is 17.2 Å². The number of carbonyl (C=O) groups is 2. The first-order valence-electron chi connectivity index (χ1n) is 6.41. The number of unbranched alkanes of at least 4 members (excludes halogenated alkanes) is 2. The lowest BCUT2D eigenvalue weighted by atomic mass is 9.84. The lowest BCUT2D eigenvalue weighted by Crippen LogP contribution is -2.35. The van der Waals surface area contributed by atoms with E-state index in [4.69, 9.17) is 5.26 Å². The normalized spacial score (nSPS) is 22.4. The third-order valence-corrected chi connectivity index (χ3v) is 3.97. The monoisotopic (exact) mass is 234 g/mol. The predicted octanol–water partition coefficient (Wildman–Crippen LogP) is 2.00. The highest BCUT2D eigenvalue weighted by Gasteiger charge is 2.52. The molecule has 0 aromatic carbocycles. The van der Waals surface area contributed by atoms with E-state index >= 15 is 0 Å². The van der Waals surface area contributed by atoms with Gasteiger partial charge in [0.2, 0.25) is 11.8 Å². The maximum atomic E-state index is 12.2. The maximum absolute atomic E-state index is 12.2. The highest BCUT2D eigenvalue weighted by molar-refractivity contribution is 6.06. The van der Waals surface area contributed by atoms with Crippen molar-refractivity contribution in [3.8, 4) is 6.07 Å². The molecule has 2 rings (SSSR count). The number of imide groups is 1. The van der Waals surface area contributed by atoms with Crippen LogP contribution in [0.5, 0.6) is 0 Å². The SMILES string of the molecule is N#CCCCCN1C(=O)CC2(CCCC2)C1=O. The molecule has 1 saturated carbocycles. The molecule has 0 aromatic rings. The zero-order valence-corrected chi connectivity index (χ0v) is 10.1. The van der Waals surface area contributed by atoms with Gasteiger partial charge in [0, 0.05) is 19.4 Å². The Morgan fingerprint density at radius 3 is 2.59 bits per heavy atom. The summed E-state index contributed by atoms with van der Waals surface area (Å²) in [6.07, 6.45) is 6.34. The molecule has 17 heavy (non-hydrogen) atoms. The second-order valence-corrected chi connectivity index (χ2v) is 5.13. The van der Waals surface area contributed by atoms with E-state index in [1.807, 2.05) is 0 Å². The fourth-order valence-electron chi connectivity index (χ4n) is 3.00. The summed E-state index contributed by atoms with van der Waals surface area (Å²) in [5.41, 5.74) is -0.341. The van der Waals surface area contributed by atoms with Crippen molar-refractivity contribution in [2.24, 2.45) is 5.41 Å². The Morgan fingerprint density at radius 2 is 1.94 bits per heavy atom. The van der Waals surface area contributed by atoms with Gasteiger partial charge < -0.3 is 0 Å². The molecule has 1 spiro atoms. The zero-order chi connectivity index (χ0) is 12.3. The third kappa shape index (κ3) is 2.19. The molecule has 1 saturated heterocycles. The summed E-state index contributed by atoms with van der Waals surface area (Å²) >= 11 is 0. The smallest absolute Gasteiger partial charge is 0.235 e. The molecule has 4 heteroatoms. The fourth-order valence-corrected chi connectivity index (χ4v) is 3.00. The highest BCUT2D eigenvalue weighted by Crippen LogP contribution is 2.46. The van der Waals surface area contributed by atoms with Crippen molar-refractivity contribution >= 4 is 11.8 Å². The Labute approximate surface area is 102 Å². The Kier molecular flexibility index (Phi) is 3.46. The van der Waals surface area contributed by atoms with Gasteiger partial charge in [-0.25, -0.2) is 0 Å². The highest BCUT2D eigenvalue weighted by atomic mass is 16.2. The van der Waals surface area contributed by atoms with Gasteiger partial charge in [-0.3, -0.25) is 14.5 Å². The summed E-state index contributed by atoms with van der Waals surface area (Å²) < 4.78 is 0. The van der Waals surface area contributed by atoms with Crippen LogP contribution in [0.3, 0.4) is 0 Å². The van der Waals surface area contributed by atoms with Crippen LogP contribution in [0.4, 0.5) is 0 Å². The van der Waals surface area contributed by atoms with Gasteiger partial charge in [0.05, 0.1) is 11.5 Å². The minimum Gasteiger partial charge on any atom is -0.282 e. The van der Waals surface area contributed by atoms with Gasteiger partial charge in [0.25, 0.3) is 0 Å². The molecule has 0 bridgehead atoms. The minimum atomic E-state index is -0.341. The van der Waals surface area contributed by atoms with Crippen molar-refractivity contribution in [3.05, 3.63) is 0 Å². The molecule has 0 atom stereocenters. The van der Waals surface area contributed by atoms with E-state index < -0.39 is 0 Å². The van der Waals surface area contributed by atoms with Crippen molar-refractivity contribution in [1.82, 2.24) is 4.90 Å². The standard InChI is InChI=1S/C13H18N2O2/c14-8-4-1-5-9-15-11(16)10-13(12(15)17)6-2-3-7-13/h1-7,9-10H2. The van der Waals surface area contributed by atoms with Crippen LogP contribution in [0.2, 0.25) is 0 Å². The molecule has 2 amide bonds. The Balaban J connectivity index is 1.93. The lowest BCUT2D eigenvalue weighted by molar-refractivity contribution is -0.141. The van der Waals surface area contributed by atoms with E-state index in [1.165, 1.54) is 4.90 Å². The van der Waals surface area contributed by atoms with Crippen molar-refractivity contribution < 1.29 is 9.59 Å². The van der Waals surface area contributed by atoms with Crippen molar-refractivity contribution in [1.29, 1.82) is 5.26 Å². The Morgan fingerprint density at radius 1 is 1.24 bits per heavy atom. The van der Waals surface area contributed by atoms with Gasteiger partial charge in [0.15, 0.2) is 0 Å². The Bertz CT molecular complexity index is 364. The average molecular weight is 234 g/mol. The lowest BCUT2D eigenvalue weighted by Gasteiger charge is -2.20. The molecule has 2 aliphatic rings. The van der Waals surface area contributed by atoms with Crippen LogP contribution in [-0.4, -0.2) is 23.3 Å². The van der Waals surface area contributed by atoms with Gasteiger partial charge in [-0.15, -0.1) is 0 Å². The van der Waals surface area contributed by atoms with E-state index in [2.05, 4.69) is 6.07 Å². The molecule has 1 aliphatic carbocycles. The fraction of sp³-hybridized carbons (Fsp3) is 0.769. The van der Waals surface area contributed by atoms with Crippen molar-refractivity contribution in [2.75, 3.05) is 6.54 Å². The maximum Gasteiger partial charge on any atom is 0.235 e. The number of hydrogen-bond acceptors (Lipinski definition) is 3. The minimum absolute atomic E-state index is 0.00569. The molecular weight excluding hydrogens is 216 g/mol. The summed E-state index contributed by atoms with van der Waals surface area (Å²) in [6.45, 7) is 0.501. The number of likely N-dealkylation sites (tertiary alicyclic amines) is 1. The van der Waals surface area contributed by atoms with Crippen LogP contribution in [-0.2, 0) is 9.59 Å². The summed E-state index contributed by atoms with van der Waals surface area (Å²) in [6, 6.07) is 2.08. The summed E-state index contributed by atoms with van der Waals surface area (Å²) in [5.74, 6) is 0.0471. The predicted molar refractivity (Wildman–Crippen MR) is 61.7 cm³/mol. The molecule has 0 N–H and O–H groups in total. The van der Waals surface area contributed by atoms with Gasteiger partial charge in [-0.05, 0) is 25.7 Å². The summed E-state index contributed by atoms with van der Waals surface area (Å²) in [4.78, 5) is 25.5. The Hall–Kier alpha value is -1.37. The molecule has 1 aliphatic heterocycles. The van der Waals surface area contributed by atoms with Crippen LogP contribution in [0.1, 0.15) is 51.4 Å². The molecule has 0 unspecified atom stereocenters. The van der Waals surface area contributed by atoms with E-state index in [1.54, 1.807) is 0 Å². The first-order chi connectivity index (χ1) is 8.19. The van der Waals surface area contributed by atoms with E-state index in [0.717, 1.165) is 38.5 Å². The molecule has 92 valence electrons. The van der Waals surface area contributed by atoms with Crippen LogP contribution in [0.25, 0.3) is 0 Å². The number of rotatable bonds is 4. The molecule has 2 fully saturated rings. The number of hydrogen-bond donors (Lipinski definition) is 0. The van der Waals surface area contributed by atoms with Crippen molar-refractivity contribution in [2.45, 2.75) is 51.4 Å². The topological polar surface area (TPSA) is 61.2 Å². The second kappa shape index (κ2) is 4.87. The molecular formula is C13H18N2O2. The van der Waals surface area contributed by atoms with Crippen LogP contribution in [0, 0.1) is 16.7 Å². The largest absolute Gasteiger partial charge is 0.282 e. The molecule has 1 heterocycles. The van der Waals surface area contributed by atoms with Gasteiger partial charge >= 0.3 is 0 Å². The molecule has 0 aromatic heterocycles. The average Bonchev–Trinajstić information content (AvgIpc) is 2.85.